The summed E-state index contributed by atoms with van der Waals surface area (Å²) in [4.78, 5) is 14.7. The number of rotatable bonds is 2. The first kappa shape index (κ1) is 15.7. The molecule has 0 spiro atoms. The van der Waals surface area contributed by atoms with E-state index < -0.39 is 0 Å². The Balaban J connectivity index is 0.00000144. The van der Waals surface area contributed by atoms with Gasteiger partial charge < -0.3 is 14.8 Å². The second-order valence-electron chi connectivity index (χ2n) is 7.08. The number of nitrogens with zero attached hydrogens (tertiary/aromatic N) is 4. The van der Waals surface area contributed by atoms with Crippen molar-refractivity contribution in [3.63, 3.8) is 0 Å². The van der Waals surface area contributed by atoms with E-state index >= 15 is 0 Å². The van der Waals surface area contributed by atoms with Crippen molar-refractivity contribution in [2.24, 2.45) is 17.8 Å². The van der Waals surface area contributed by atoms with Crippen molar-refractivity contribution in [3.05, 3.63) is 11.6 Å². The maximum Gasteiger partial charge on any atom is 0.226 e. The summed E-state index contributed by atoms with van der Waals surface area (Å²) < 4.78 is 2.23. The molecule has 1 saturated carbocycles. The van der Waals surface area contributed by atoms with Crippen LogP contribution in [-0.2, 0) is 11.3 Å². The molecule has 0 bridgehead atoms. The molecule has 4 rings (SSSR count). The Hall–Kier alpha value is -1.14. The molecule has 1 unspecified atom stereocenters. The zero-order valence-corrected chi connectivity index (χ0v) is 14.1. The van der Waals surface area contributed by atoms with Crippen LogP contribution in [0.4, 0.5) is 0 Å². The van der Waals surface area contributed by atoms with Crippen LogP contribution in [0.5, 0.6) is 0 Å². The van der Waals surface area contributed by atoms with E-state index in [2.05, 4.69) is 40.9 Å². The summed E-state index contributed by atoms with van der Waals surface area (Å²) in [6.45, 7) is 9.86. The monoisotopic (exact) mass is 325 g/mol. The van der Waals surface area contributed by atoms with E-state index in [0.29, 0.717) is 30.2 Å². The van der Waals surface area contributed by atoms with Gasteiger partial charge in [-0.2, -0.15) is 0 Å². The third-order valence-electron chi connectivity index (χ3n) is 5.26. The molecule has 1 N–H and O–H groups in total. The minimum absolute atomic E-state index is 0. The number of hydrogen-bond acceptors (Lipinski definition) is 4. The third kappa shape index (κ3) is 2.24. The molecule has 1 amide bonds. The summed E-state index contributed by atoms with van der Waals surface area (Å²) in [6, 6.07) is 0.266. The van der Waals surface area contributed by atoms with E-state index in [-0.39, 0.29) is 24.4 Å². The van der Waals surface area contributed by atoms with Gasteiger partial charge in [0.2, 0.25) is 5.91 Å². The Morgan fingerprint density at radius 3 is 2.59 bits per heavy atom. The summed E-state index contributed by atoms with van der Waals surface area (Å²) >= 11 is 0. The van der Waals surface area contributed by atoms with E-state index in [1.54, 1.807) is 0 Å². The lowest BCUT2D eigenvalue weighted by Gasteiger charge is -2.33. The molecule has 1 saturated heterocycles. The van der Waals surface area contributed by atoms with Gasteiger partial charge in [0.15, 0.2) is 5.82 Å². The minimum Gasteiger partial charge on any atom is -0.333 e. The Morgan fingerprint density at radius 1 is 1.27 bits per heavy atom. The molecule has 2 aliphatic heterocycles. The van der Waals surface area contributed by atoms with Gasteiger partial charge in [-0.1, -0.05) is 13.8 Å². The molecular weight excluding hydrogens is 302 g/mol. The number of nitrogens with one attached hydrogen (secondary N) is 1. The molecular formula is C15H24ClN5O. The van der Waals surface area contributed by atoms with Crippen molar-refractivity contribution >= 4 is 18.3 Å². The smallest absolute Gasteiger partial charge is 0.226 e. The van der Waals surface area contributed by atoms with Crippen molar-refractivity contribution in [2.75, 3.05) is 19.6 Å². The number of halogens is 1. The van der Waals surface area contributed by atoms with Crippen molar-refractivity contribution in [1.29, 1.82) is 0 Å². The fourth-order valence-corrected chi connectivity index (χ4v) is 4.12. The molecule has 1 aromatic rings. The Labute approximate surface area is 137 Å². The number of fused-ring (bicyclic) bond motifs is 2. The lowest BCUT2D eigenvalue weighted by molar-refractivity contribution is -0.135. The standard InChI is InChI=1S/C15H23N5O.ClH/c1-8(2)14-18-17-12-7-19(6-9(3)20(12)14)15(21)13-10-4-16-5-11(10)13;/h8-11,13,16H,4-7H2,1-3H3;1H/t9-,10-,11+,13?;/m0./s1. The van der Waals surface area contributed by atoms with Crippen LogP contribution in [0.2, 0.25) is 0 Å². The van der Waals surface area contributed by atoms with Gasteiger partial charge >= 0.3 is 0 Å². The van der Waals surface area contributed by atoms with Crippen LogP contribution in [0.1, 0.15) is 44.4 Å². The van der Waals surface area contributed by atoms with Crippen LogP contribution in [-0.4, -0.2) is 45.2 Å². The van der Waals surface area contributed by atoms with Gasteiger partial charge in [-0.25, -0.2) is 0 Å². The highest BCUT2D eigenvalue weighted by molar-refractivity contribution is 5.85. The maximum absolute atomic E-state index is 12.7. The largest absolute Gasteiger partial charge is 0.333 e. The summed E-state index contributed by atoms with van der Waals surface area (Å²) in [6.07, 6.45) is 0. The van der Waals surface area contributed by atoms with Crippen LogP contribution >= 0.6 is 12.4 Å². The van der Waals surface area contributed by atoms with Gasteiger partial charge in [-0.15, -0.1) is 22.6 Å². The highest BCUT2D eigenvalue weighted by atomic mass is 35.5. The SMILES string of the molecule is CC(C)c1nnc2n1[C@@H](C)CN(C(=O)C1[C@H]3CNC[C@@H]13)C2.Cl. The number of piperidine rings is 1. The van der Waals surface area contributed by atoms with Crippen LogP contribution in [0.25, 0.3) is 0 Å². The molecule has 1 aromatic heterocycles. The normalized spacial score (nSPS) is 32.5. The van der Waals surface area contributed by atoms with E-state index in [1.807, 2.05) is 4.90 Å². The number of carbonyl (C=O) groups excluding carboxylic acids is 1. The summed E-state index contributed by atoms with van der Waals surface area (Å²) in [5.41, 5.74) is 0. The molecule has 0 aromatic carbocycles. The third-order valence-corrected chi connectivity index (χ3v) is 5.26. The first-order valence-electron chi connectivity index (χ1n) is 8.01. The van der Waals surface area contributed by atoms with E-state index in [9.17, 15) is 4.79 Å². The van der Waals surface area contributed by atoms with Gasteiger partial charge in [0.1, 0.15) is 5.82 Å². The van der Waals surface area contributed by atoms with Crippen molar-refractivity contribution in [2.45, 2.75) is 39.3 Å². The second-order valence-corrected chi connectivity index (χ2v) is 7.08. The average molecular weight is 326 g/mol. The van der Waals surface area contributed by atoms with Gasteiger partial charge in [0, 0.05) is 18.4 Å². The molecule has 22 heavy (non-hydrogen) atoms. The summed E-state index contributed by atoms with van der Waals surface area (Å²) in [7, 11) is 0. The molecule has 1 aliphatic carbocycles. The Morgan fingerprint density at radius 2 is 1.95 bits per heavy atom. The fourth-order valence-electron chi connectivity index (χ4n) is 4.12. The van der Waals surface area contributed by atoms with Crippen LogP contribution in [0.3, 0.4) is 0 Å². The van der Waals surface area contributed by atoms with Gasteiger partial charge in [-0.05, 0) is 31.8 Å². The van der Waals surface area contributed by atoms with Crippen LogP contribution in [0.15, 0.2) is 0 Å². The lowest BCUT2D eigenvalue weighted by Crippen LogP contribution is -2.42. The molecule has 4 atom stereocenters. The van der Waals surface area contributed by atoms with Gasteiger partial charge in [0.25, 0.3) is 0 Å². The first-order valence-corrected chi connectivity index (χ1v) is 8.01. The lowest BCUT2D eigenvalue weighted by atomic mass is 10.1. The van der Waals surface area contributed by atoms with Gasteiger partial charge in [0.05, 0.1) is 12.6 Å². The van der Waals surface area contributed by atoms with Crippen molar-refractivity contribution < 1.29 is 4.79 Å². The van der Waals surface area contributed by atoms with Crippen LogP contribution in [0, 0.1) is 17.8 Å². The molecule has 3 aliphatic rings. The van der Waals surface area contributed by atoms with Crippen LogP contribution < -0.4 is 5.32 Å². The highest BCUT2D eigenvalue weighted by Crippen LogP contribution is 2.50. The second kappa shape index (κ2) is 5.49. The molecule has 7 heteroatoms. The average Bonchev–Trinajstić information content (AvgIpc) is 2.82. The topological polar surface area (TPSA) is 63.1 Å². The number of amides is 1. The first-order chi connectivity index (χ1) is 10.1. The zero-order chi connectivity index (χ0) is 14.7. The number of aromatic nitrogens is 3. The Kier molecular flexibility index (Phi) is 3.93. The van der Waals surface area contributed by atoms with E-state index in [0.717, 1.165) is 31.3 Å². The molecule has 2 fully saturated rings. The summed E-state index contributed by atoms with van der Waals surface area (Å²) in [5, 5.41) is 12.0. The van der Waals surface area contributed by atoms with Crippen molar-refractivity contribution in [1.82, 2.24) is 25.0 Å². The predicted molar refractivity (Wildman–Crippen MR) is 84.8 cm³/mol. The number of hydrogen-bond donors (Lipinski definition) is 1. The molecule has 122 valence electrons. The maximum atomic E-state index is 12.7. The zero-order valence-electron chi connectivity index (χ0n) is 13.3. The molecule has 0 radical (unpaired) electrons. The fraction of sp³-hybridized carbons (Fsp3) is 0.800. The quantitative estimate of drug-likeness (QED) is 0.887. The van der Waals surface area contributed by atoms with E-state index in [1.165, 1.54) is 0 Å². The van der Waals surface area contributed by atoms with Gasteiger partial charge in [-0.3, -0.25) is 4.79 Å². The molecule has 6 nitrogen and oxygen atoms in total. The highest BCUT2D eigenvalue weighted by Gasteiger charge is 2.58. The van der Waals surface area contributed by atoms with E-state index in [4.69, 9.17) is 0 Å². The number of carbonyl (C=O) groups is 1. The Bertz CT molecular complexity index is 576. The predicted octanol–water partition coefficient (Wildman–Crippen LogP) is 1.19. The van der Waals surface area contributed by atoms with Crippen molar-refractivity contribution in [3.8, 4) is 0 Å². The minimum atomic E-state index is 0. The summed E-state index contributed by atoms with van der Waals surface area (Å²) in [5.74, 6) is 4.10. The molecule has 3 heterocycles.